The molecule has 0 radical (unpaired) electrons. The summed E-state index contributed by atoms with van der Waals surface area (Å²) in [6, 6.07) is 13.8. The highest BCUT2D eigenvalue weighted by atomic mass is 79.9. The molecule has 1 N–H and O–H groups in total. The number of carbonyl (C=O) groups is 1. The van der Waals surface area contributed by atoms with Crippen LogP contribution in [0, 0.1) is 11.3 Å². The lowest BCUT2D eigenvalue weighted by Crippen LogP contribution is -2.47. The lowest BCUT2D eigenvalue weighted by atomic mass is 9.86. The standard InChI is InChI=1S/C22H19Br2N3O3S/c1-2-30-19-8-13(7-18(24)21(19)29)16-9-20(28)27-11-26(12-31-22(27)17(16)10-25)15-5-3-14(23)4-6-15/h3-8,16,29H,2,9,11-12H2,1H3. The summed E-state index contributed by atoms with van der Waals surface area (Å²) in [6.45, 7) is 2.64. The quantitative estimate of drug-likeness (QED) is 0.526. The Labute approximate surface area is 201 Å². The molecule has 1 fully saturated rings. The molecule has 31 heavy (non-hydrogen) atoms. The van der Waals surface area contributed by atoms with Crippen molar-refractivity contribution >= 4 is 55.2 Å². The van der Waals surface area contributed by atoms with Gasteiger partial charge in [0.25, 0.3) is 0 Å². The van der Waals surface area contributed by atoms with Gasteiger partial charge in [-0.15, -0.1) is 0 Å². The number of phenolic OH excluding ortho intramolecular Hbond substituents is 1. The highest BCUT2D eigenvalue weighted by Crippen LogP contribution is 2.46. The van der Waals surface area contributed by atoms with Crippen LogP contribution in [0.1, 0.15) is 24.8 Å². The van der Waals surface area contributed by atoms with Crippen molar-refractivity contribution in [3.8, 4) is 17.6 Å². The number of anilines is 1. The summed E-state index contributed by atoms with van der Waals surface area (Å²) in [5, 5.41) is 20.9. The van der Waals surface area contributed by atoms with Gasteiger partial charge in [0.05, 0.1) is 40.3 Å². The second-order valence-corrected chi connectivity index (χ2v) is 9.83. The monoisotopic (exact) mass is 563 g/mol. The Morgan fingerprint density at radius 3 is 2.71 bits per heavy atom. The van der Waals surface area contributed by atoms with Crippen molar-refractivity contribution in [1.82, 2.24) is 4.90 Å². The second-order valence-electron chi connectivity index (χ2n) is 7.12. The molecule has 4 rings (SSSR count). The van der Waals surface area contributed by atoms with E-state index >= 15 is 0 Å². The van der Waals surface area contributed by atoms with Crippen molar-refractivity contribution in [3.63, 3.8) is 0 Å². The van der Waals surface area contributed by atoms with Gasteiger partial charge >= 0.3 is 0 Å². The number of halogens is 2. The molecule has 2 heterocycles. The van der Waals surface area contributed by atoms with Crippen molar-refractivity contribution in [2.75, 3.05) is 24.1 Å². The highest BCUT2D eigenvalue weighted by Gasteiger charge is 2.38. The van der Waals surface area contributed by atoms with E-state index in [0.29, 0.717) is 40.0 Å². The van der Waals surface area contributed by atoms with Crippen LogP contribution in [-0.4, -0.2) is 35.1 Å². The first-order chi connectivity index (χ1) is 14.9. The number of allylic oxidation sites excluding steroid dienone is 1. The molecule has 2 aliphatic heterocycles. The Morgan fingerprint density at radius 2 is 2.03 bits per heavy atom. The smallest absolute Gasteiger partial charge is 0.229 e. The minimum Gasteiger partial charge on any atom is -0.503 e. The van der Waals surface area contributed by atoms with Crippen LogP contribution >= 0.6 is 43.6 Å². The second kappa shape index (κ2) is 9.15. The number of thioether (sulfide) groups is 1. The normalized spacial score (nSPS) is 18.6. The Hall–Kier alpha value is -2.15. The first-order valence-electron chi connectivity index (χ1n) is 9.66. The summed E-state index contributed by atoms with van der Waals surface area (Å²) in [4.78, 5) is 16.9. The molecular weight excluding hydrogens is 546 g/mol. The van der Waals surface area contributed by atoms with Gasteiger partial charge in [0, 0.05) is 22.5 Å². The first-order valence-corrected chi connectivity index (χ1v) is 12.2. The summed E-state index contributed by atoms with van der Waals surface area (Å²) in [7, 11) is 0. The zero-order valence-corrected chi connectivity index (χ0v) is 20.6. The summed E-state index contributed by atoms with van der Waals surface area (Å²) in [5.41, 5.74) is 2.35. The largest absolute Gasteiger partial charge is 0.503 e. The summed E-state index contributed by atoms with van der Waals surface area (Å²) >= 11 is 8.30. The van der Waals surface area contributed by atoms with Crippen molar-refractivity contribution in [2.45, 2.75) is 19.3 Å². The van der Waals surface area contributed by atoms with Gasteiger partial charge in [-0.3, -0.25) is 9.69 Å². The molecule has 0 aromatic heterocycles. The summed E-state index contributed by atoms with van der Waals surface area (Å²) < 4.78 is 7.01. The summed E-state index contributed by atoms with van der Waals surface area (Å²) in [5.74, 6) is 0.573. The van der Waals surface area contributed by atoms with E-state index in [9.17, 15) is 15.2 Å². The topological polar surface area (TPSA) is 76.8 Å². The molecule has 0 spiro atoms. The summed E-state index contributed by atoms with van der Waals surface area (Å²) in [6.07, 6.45) is 0.184. The van der Waals surface area contributed by atoms with E-state index in [1.807, 2.05) is 31.2 Å². The number of nitrogens with zero attached hydrogens (tertiary/aromatic N) is 3. The molecule has 0 aliphatic carbocycles. The number of benzene rings is 2. The number of nitriles is 1. The van der Waals surface area contributed by atoms with E-state index < -0.39 is 0 Å². The van der Waals surface area contributed by atoms with Crippen molar-refractivity contribution in [2.24, 2.45) is 0 Å². The third-order valence-corrected chi connectivity index (χ3v) is 7.53. The Kier molecular flexibility index (Phi) is 6.51. The molecule has 1 unspecified atom stereocenters. The number of hydrogen-bond acceptors (Lipinski definition) is 6. The number of ether oxygens (including phenoxy) is 1. The fraction of sp³-hybridized carbons (Fsp3) is 0.273. The van der Waals surface area contributed by atoms with Crippen molar-refractivity contribution in [3.05, 3.63) is 61.5 Å². The van der Waals surface area contributed by atoms with Crippen LogP contribution in [-0.2, 0) is 4.79 Å². The number of amides is 1. The Balaban J connectivity index is 1.68. The molecule has 0 bridgehead atoms. The number of rotatable bonds is 4. The predicted molar refractivity (Wildman–Crippen MR) is 128 cm³/mol. The molecule has 1 saturated heterocycles. The average molecular weight is 565 g/mol. The molecule has 9 heteroatoms. The number of carbonyl (C=O) groups excluding carboxylic acids is 1. The number of phenols is 1. The van der Waals surface area contributed by atoms with E-state index in [1.54, 1.807) is 17.0 Å². The van der Waals surface area contributed by atoms with Gasteiger partial charge < -0.3 is 14.7 Å². The molecule has 1 atom stereocenters. The molecule has 2 aromatic rings. The van der Waals surface area contributed by atoms with E-state index in [-0.39, 0.29) is 24.0 Å². The van der Waals surface area contributed by atoms with E-state index in [0.717, 1.165) is 15.7 Å². The minimum atomic E-state index is -0.383. The lowest BCUT2D eigenvalue weighted by molar-refractivity contribution is -0.129. The van der Waals surface area contributed by atoms with Crippen LogP contribution in [0.2, 0.25) is 0 Å². The number of hydrogen-bond donors (Lipinski definition) is 1. The predicted octanol–water partition coefficient (Wildman–Crippen LogP) is 5.54. The average Bonchev–Trinajstić information content (AvgIpc) is 2.77. The number of aromatic hydroxyl groups is 1. The van der Waals surface area contributed by atoms with Gasteiger partial charge in [-0.2, -0.15) is 5.26 Å². The van der Waals surface area contributed by atoms with Gasteiger partial charge in [-0.25, -0.2) is 0 Å². The lowest BCUT2D eigenvalue weighted by Gasteiger charge is -2.42. The molecule has 1 amide bonds. The maximum atomic E-state index is 13.1. The van der Waals surface area contributed by atoms with Gasteiger partial charge in [-0.05, 0) is 64.8 Å². The zero-order chi connectivity index (χ0) is 22.1. The molecule has 2 aliphatic rings. The maximum absolute atomic E-state index is 13.1. The van der Waals surface area contributed by atoms with Gasteiger partial charge in [0.1, 0.15) is 0 Å². The Morgan fingerprint density at radius 1 is 1.29 bits per heavy atom. The van der Waals surface area contributed by atoms with Crippen LogP contribution in [0.3, 0.4) is 0 Å². The van der Waals surface area contributed by atoms with Crippen LogP contribution in [0.15, 0.2) is 55.9 Å². The minimum absolute atomic E-state index is 0.0118. The van der Waals surface area contributed by atoms with Gasteiger partial charge in [0.2, 0.25) is 5.91 Å². The van der Waals surface area contributed by atoms with Crippen LogP contribution in [0.25, 0.3) is 0 Å². The van der Waals surface area contributed by atoms with Crippen LogP contribution < -0.4 is 9.64 Å². The third kappa shape index (κ3) is 4.29. The van der Waals surface area contributed by atoms with E-state index in [2.05, 4.69) is 42.8 Å². The molecule has 0 saturated carbocycles. The first kappa shape index (κ1) is 22.1. The highest BCUT2D eigenvalue weighted by molar-refractivity contribution is 9.10. The van der Waals surface area contributed by atoms with E-state index in [1.165, 1.54) is 11.8 Å². The van der Waals surface area contributed by atoms with Crippen LogP contribution in [0.5, 0.6) is 11.5 Å². The van der Waals surface area contributed by atoms with Crippen molar-refractivity contribution < 1.29 is 14.6 Å². The Bertz CT molecular complexity index is 1100. The maximum Gasteiger partial charge on any atom is 0.229 e. The third-order valence-electron chi connectivity index (χ3n) is 5.24. The van der Waals surface area contributed by atoms with E-state index in [4.69, 9.17) is 4.74 Å². The van der Waals surface area contributed by atoms with Gasteiger partial charge in [-0.1, -0.05) is 27.7 Å². The molecule has 2 aromatic carbocycles. The fourth-order valence-corrected chi connectivity index (χ4v) is 5.61. The molecule has 160 valence electrons. The fourth-order valence-electron chi connectivity index (χ4n) is 3.72. The molecular formula is C22H19Br2N3O3S. The van der Waals surface area contributed by atoms with Crippen LogP contribution in [0.4, 0.5) is 5.69 Å². The number of fused-ring (bicyclic) bond motifs is 1. The van der Waals surface area contributed by atoms with Gasteiger partial charge in [0.15, 0.2) is 11.5 Å². The van der Waals surface area contributed by atoms with Crippen molar-refractivity contribution in [1.29, 1.82) is 5.26 Å². The SMILES string of the molecule is CCOc1cc(C2CC(=O)N3CN(c4ccc(Br)cc4)CSC3=C2C#N)cc(Br)c1O. The molecule has 6 nitrogen and oxygen atoms in total. The zero-order valence-electron chi connectivity index (χ0n) is 16.6.